The lowest BCUT2D eigenvalue weighted by Gasteiger charge is -2.16. The van der Waals surface area contributed by atoms with Crippen molar-refractivity contribution in [2.24, 2.45) is 0 Å². The van der Waals surface area contributed by atoms with Gasteiger partial charge in [-0.25, -0.2) is 4.39 Å². The molecule has 0 fully saturated rings. The van der Waals surface area contributed by atoms with Gasteiger partial charge < -0.3 is 5.32 Å². The highest BCUT2D eigenvalue weighted by Crippen LogP contribution is 2.30. The quantitative estimate of drug-likeness (QED) is 0.885. The van der Waals surface area contributed by atoms with Crippen LogP contribution >= 0.6 is 27.3 Å². The van der Waals surface area contributed by atoms with Gasteiger partial charge in [0.05, 0.1) is 6.04 Å². The Morgan fingerprint density at radius 2 is 2.24 bits per heavy atom. The normalized spacial score (nSPS) is 12.6. The topological polar surface area (TPSA) is 12.0 Å². The molecule has 0 spiro atoms. The number of hydrogen-bond acceptors (Lipinski definition) is 2. The van der Waals surface area contributed by atoms with E-state index in [1.165, 1.54) is 10.9 Å². The maximum absolute atomic E-state index is 13.3. The third-order valence-electron chi connectivity index (χ3n) is 2.46. The zero-order valence-electron chi connectivity index (χ0n) is 9.41. The summed E-state index contributed by atoms with van der Waals surface area (Å²) in [6.07, 6.45) is 0. The van der Waals surface area contributed by atoms with E-state index >= 15 is 0 Å². The molecule has 0 amide bonds. The molecule has 0 saturated carbocycles. The molecule has 4 heteroatoms. The molecular formula is C13H13BrFNS. The SMILES string of the molecule is CCNC(c1cccc(F)c1)c1cc(Br)cs1. The Hall–Kier alpha value is -0.710. The number of nitrogens with one attached hydrogen (secondary N) is 1. The van der Waals surface area contributed by atoms with Crippen molar-refractivity contribution in [2.75, 3.05) is 6.54 Å². The van der Waals surface area contributed by atoms with Crippen LogP contribution in [0.2, 0.25) is 0 Å². The Morgan fingerprint density at radius 3 is 2.82 bits per heavy atom. The van der Waals surface area contributed by atoms with Crippen LogP contribution < -0.4 is 5.32 Å². The van der Waals surface area contributed by atoms with Crippen molar-refractivity contribution in [1.29, 1.82) is 0 Å². The fourth-order valence-corrected chi connectivity index (χ4v) is 3.30. The highest BCUT2D eigenvalue weighted by Gasteiger charge is 2.15. The minimum atomic E-state index is -0.193. The first-order valence-electron chi connectivity index (χ1n) is 5.43. The van der Waals surface area contributed by atoms with Crippen LogP contribution in [0, 0.1) is 5.82 Å². The summed E-state index contributed by atoms with van der Waals surface area (Å²) >= 11 is 5.11. The summed E-state index contributed by atoms with van der Waals surface area (Å²) in [5.41, 5.74) is 0.959. The van der Waals surface area contributed by atoms with Crippen molar-refractivity contribution in [2.45, 2.75) is 13.0 Å². The van der Waals surface area contributed by atoms with Crippen molar-refractivity contribution >= 4 is 27.3 Å². The van der Waals surface area contributed by atoms with Crippen LogP contribution in [-0.2, 0) is 0 Å². The predicted molar refractivity (Wildman–Crippen MR) is 73.9 cm³/mol. The molecule has 0 saturated heterocycles. The third kappa shape index (κ3) is 3.15. The predicted octanol–water partition coefficient (Wildman–Crippen LogP) is 4.35. The van der Waals surface area contributed by atoms with E-state index in [2.05, 4.69) is 34.2 Å². The zero-order valence-corrected chi connectivity index (χ0v) is 11.8. The van der Waals surface area contributed by atoms with Crippen molar-refractivity contribution in [3.05, 3.63) is 56.4 Å². The average Bonchev–Trinajstić information content (AvgIpc) is 2.72. The van der Waals surface area contributed by atoms with E-state index in [1.54, 1.807) is 23.5 Å². The minimum absolute atomic E-state index is 0.0620. The third-order valence-corrected chi connectivity index (χ3v) is 4.22. The highest BCUT2D eigenvalue weighted by molar-refractivity contribution is 9.10. The molecule has 0 radical (unpaired) electrons. The molecule has 1 aromatic heterocycles. The monoisotopic (exact) mass is 313 g/mol. The van der Waals surface area contributed by atoms with Crippen LogP contribution in [0.1, 0.15) is 23.4 Å². The number of benzene rings is 1. The molecule has 1 N–H and O–H groups in total. The molecule has 90 valence electrons. The molecule has 1 nitrogen and oxygen atoms in total. The van der Waals surface area contributed by atoms with Crippen LogP contribution in [0.25, 0.3) is 0 Å². The molecule has 1 atom stereocenters. The number of thiophene rings is 1. The molecule has 0 aliphatic heterocycles. The highest BCUT2D eigenvalue weighted by atomic mass is 79.9. The second-order valence-corrected chi connectivity index (χ2v) is 5.57. The largest absolute Gasteiger partial charge is 0.306 e. The summed E-state index contributed by atoms with van der Waals surface area (Å²) in [4.78, 5) is 1.18. The lowest BCUT2D eigenvalue weighted by atomic mass is 10.1. The average molecular weight is 314 g/mol. The molecular weight excluding hydrogens is 301 g/mol. The number of halogens is 2. The molecule has 1 heterocycles. The smallest absolute Gasteiger partial charge is 0.123 e. The first kappa shape index (κ1) is 12.7. The molecule has 1 unspecified atom stereocenters. The number of hydrogen-bond donors (Lipinski definition) is 1. The zero-order chi connectivity index (χ0) is 12.3. The van der Waals surface area contributed by atoms with Crippen molar-refractivity contribution in [3.8, 4) is 0 Å². The summed E-state index contributed by atoms with van der Waals surface area (Å²) in [5.74, 6) is -0.193. The van der Waals surface area contributed by atoms with E-state index < -0.39 is 0 Å². The van der Waals surface area contributed by atoms with E-state index in [1.807, 2.05) is 11.4 Å². The van der Waals surface area contributed by atoms with E-state index in [9.17, 15) is 4.39 Å². The van der Waals surface area contributed by atoms with Gasteiger partial charge in [0.1, 0.15) is 5.82 Å². The Labute approximate surface area is 113 Å². The van der Waals surface area contributed by atoms with E-state index in [-0.39, 0.29) is 11.9 Å². The van der Waals surface area contributed by atoms with Crippen LogP contribution in [0.3, 0.4) is 0 Å². The van der Waals surface area contributed by atoms with Crippen LogP contribution in [0.4, 0.5) is 4.39 Å². The fraction of sp³-hybridized carbons (Fsp3) is 0.231. The lowest BCUT2D eigenvalue weighted by Crippen LogP contribution is -2.21. The van der Waals surface area contributed by atoms with Gasteiger partial charge in [0.15, 0.2) is 0 Å². The van der Waals surface area contributed by atoms with E-state index in [0.29, 0.717) is 0 Å². The first-order valence-corrected chi connectivity index (χ1v) is 7.10. The van der Waals surface area contributed by atoms with Crippen LogP contribution in [0.15, 0.2) is 40.2 Å². The van der Waals surface area contributed by atoms with Gasteiger partial charge in [0.25, 0.3) is 0 Å². The lowest BCUT2D eigenvalue weighted by molar-refractivity contribution is 0.607. The summed E-state index contributed by atoms with van der Waals surface area (Å²) in [7, 11) is 0. The second kappa shape index (κ2) is 5.76. The van der Waals surface area contributed by atoms with Gasteiger partial charge in [-0.2, -0.15) is 0 Å². The standard InChI is InChI=1S/C13H13BrFNS/c1-2-16-13(12-7-10(14)8-17-12)9-4-3-5-11(15)6-9/h3-8,13,16H,2H2,1H3. The minimum Gasteiger partial charge on any atom is -0.306 e. The maximum Gasteiger partial charge on any atom is 0.123 e. The molecule has 17 heavy (non-hydrogen) atoms. The Bertz CT molecular complexity index is 498. The second-order valence-electron chi connectivity index (χ2n) is 3.71. The fourth-order valence-electron chi connectivity index (χ4n) is 1.75. The molecule has 0 bridgehead atoms. The van der Waals surface area contributed by atoms with Gasteiger partial charge in [0, 0.05) is 14.7 Å². The van der Waals surface area contributed by atoms with Crippen molar-refractivity contribution < 1.29 is 4.39 Å². The summed E-state index contributed by atoms with van der Waals surface area (Å²) in [6, 6.07) is 8.88. The van der Waals surface area contributed by atoms with Gasteiger partial charge in [-0.15, -0.1) is 11.3 Å². The maximum atomic E-state index is 13.3. The van der Waals surface area contributed by atoms with E-state index in [4.69, 9.17) is 0 Å². The van der Waals surface area contributed by atoms with Crippen LogP contribution in [-0.4, -0.2) is 6.54 Å². The van der Waals surface area contributed by atoms with Gasteiger partial charge in [-0.1, -0.05) is 19.1 Å². The molecule has 2 aromatic rings. The van der Waals surface area contributed by atoms with Gasteiger partial charge in [-0.3, -0.25) is 0 Å². The van der Waals surface area contributed by atoms with Gasteiger partial charge >= 0.3 is 0 Å². The summed E-state index contributed by atoms with van der Waals surface area (Å²) in [5, 5.41) is 5.42. The van der Waals surface area contributed by atoms with E-state index in [0.717, 1.165) is 16.6 Å². The number of rotatable bonds is 4. The Kier molecular flexibility index (Phi) is 4.31. The molecule has 0 aliphatic carbocycles. The van der Waals surface area contributed by atoms with Gasteiger partial charge in [-0.05, 0) is 46.2 Å². The van der Waals surface area contributed by atoms with Crippen molar-refractivity contribution in [3.63, 3.8) is 0 Å². The Morgan fingerprint density at radius 1 is 1.41 bits per heavy atom. The van der Waals surface area contributed by atoms with Gasteiger partial charge in [0.2, 0.25) is 0 Å². The van der Waals surface area contributed by atoms with Crippen molar-refractivity contribution in [1.82, 2.24) is 5.32 Å². The molecule has 2 rings (SSSR count). The molecule has 1 aromatic carbocycles. The first-order chi connectivity index (χ1) is 8.20. The summed E-state index contributed by atoms with van der Waals surface area (Å²) < 4.78 is 14.3. The summed E-state index contributed by atoms with van der Waals surface area (Å²) in [6.45, 7) is 2.89. The van der Waals surface area contributed by atoms with Crippen LogP contribution in [0.5, 0.6) is 0 Å². The molecule has 0 aliphatic rings. The Balaban J connectivity index is 2.35.